The van der Waals surface area contributed by atoms with E-state index >= 15 is 0 Å². The molecule has 0 aliphatic carbocycles. The highest BCUT2D eigenvalue weighted by Crippen LogP contribution is 2.17. The minimum atomic E-state index is -0.731. The van der Waals surface area contributed by atoms with Crippen molar-refractivity contribution in [2.45, 2.75) is 20.4 Å². The van der Waals surface area contributed by atoms with Gasteiger partial charge in [0.15, 0.2) is 0 Å². The van der Waals surface area contributed by atoms with Crippen LogP contribution in [0.5, 0.6) is 0 Å². The van der Waals surface area contributed by atoms with Crippen molar-refractivity contribution in [3.05, 3.63) is 74.8 Å². The van der Waals surface area contributed by atoms with Crippen molar-refractivity contribution in [3.8, 4) is 0 Å². The zero-order chi connectivity index (χ0) is 18.0. The summed E-state index contributed by atoms with van der Waals surface area (Å²) in [5.41, 5.74) is 1.41. The lowest BCUT2D eigenvalue weighted by atomic mass is 10.2. The second-order valence-electron chi connectivity index (χ2n) is 5.84. The minimum Gasteiger partial charge on any atom is -0.316 e. The third-order valence-electron chi connectivity index (χ3n) is 4.11. The monoisotopic (exact) mass is 337 g/mol. The average molecular weight is 337 g/mol. The van der Waals surface area contributed by atoms with Crippen LogP contribution in [-0.4, -0.2) is 22.0 Å². The number of aromatic nitrogens is 2. The Bertz CT molecular complexity index is 1050. The molecule has 6 heteroatoms. The second-order valence-corrected chi connectivity index (χ2v) is 5.84. The zero-order valence-electron chi connectivity index (χ0n) is 14.2. The van der Waals surface area contributed by atoms with Crippen molar-refractivity contribution >= 4 is 22.6 Å². The van der Waals surface area contributed by atoms with Crippen LogP contribution in [0.3, 0.4) is 0 Å². The fraction of sp³-hybridized carbons (Fsp3) is 0.211. The van der Waals surface area contributed by atoms with Crippen LogP contribution in [0.15, 0.2) is 58.1 Å². The fourth-order valence-corrected chi connectivity index (χ4v) is 2.90. The number of carbonyl (C=O) groups excluding carboxylic acids is 1. The molecule has 0 radical (unpaired) electrons. The SMILES string of the molecule is CCN(C(=O)Cn1c(=O)c(=O)[nH]c2ccccc21)c1cccc(C)c1. The molecule has 1 aromatic heterocycles. The first kappa shape index (κ1) is 16.7. The molecule has 128 valence electrons. The lowest BCUT2D eigenvalue weighted by molar-refractivity contribution is -0.119. The number of hydrogen-bond donors (Lipinski definition) is 1. The van der Waals surface area contributed by atoms with Crippen LogP contribution >= 0.6 is 0 Å². The van der Waals surface area contributed by atoms with E-state index in [9.17, 15) is 14.4 Å². The standard InChI is InChI=1S/C19H19N3O3/c1-3-21(14-8-6-7-13(2)11-14)17(23)12-22-16-10-5-4-9-15(16)20-18(24)19(22)25/h4-11H,3,12H2,1-2H3,(H,20,24). The number of anilines is 1. The maximum atomic E-state index is 12.8. The Labute approximate surface area is 144 Å². The van der Waals surface area contributed by atoms with E-state index < -0.39 is 11.1 Å². The van der Waals surface area contributed by atoms with Gasteiger partial charge in [0.2, 0.25) is 5.91 Å². The van der Waals surface area contributed by atoms with E-state index in [1.165, 1.54) is 4.57 Å². The molecule has 0 fully saturated rings. The van der Waals surface area contributed by atoms with Gasteiger partial charge in [-0.25, -0.2) is 0 Å². The number of H-pyrrole nitrogens is 1. The Balaban J connectivity index is 2.03. The summed E-state index contributed by atoms with van der Waals surface area (Å²) >= 11 is 0. The summed E-state index contributed by atoms with van der Waals surface area (Å²) in [5.74, 6) is -0.244. The van der Waals surface area contributed by atoms with E-state index in [-0.39, 0.29) is 12.5 Å². The van der Waals surface area contributed by atoms with E-state index in [0.717, 1.165) is 11.3 Å². The smallest absolute Gasteiger partial charge is 0.316 e. The molecule has 3 rings (SSSR count). The lowest BCUT2D eigenvalue weighted by Crippen LogP contribution is -2.41. The summed E-state index contributed by atoms with van der Waals surface area (Å²) in [7, 11) is 0. The number of nitrogens with zero attached hydrogens (tertiary/aromatic N) is 2. The van der Waals surface area contributed by atoms with E-state index in [0.29, 0.717) is 17.6 Å². The topological polar surface area (TPSA) is 75.2 Å². The number of hydrogen-bond acceptors (Lipinski definition) is 3. The normalized spacial score (nSPS) is 10.8. The molecule has 1 heterocycles. The Hall–Kier alpha value is -3.15. The molecular weight excluding hydrogens is 318 g/mol. The van der Waals surface area contributed by atoms with Crippen LogP contribution in [-0.2, 0) is 11.3 Å². The van der Waals surface area contributed by atoms with E-state index in [1.54, 1.807) is 29.2 Å². The van der Waals surface area contributed by atoms with Gasteiger partial charge in [-0.15, -0.1) is 0 Å². The van der Waals surface area contributed by atoms with Crippen molar-refractivity contribution < 1.29 is 4.79 Å². The van der Waals surface area contributed by atoms with Gasteiger partial charge < -0.3 is 9.88 Å². The molecule has 3 aromatic rings. The van der Waals surface area contributed by atoms with Gasteiger partial charge in [0.05, 0.1) is 11.0 Å². The Morgan fingerprint density at radius 2 is 1.88 bits per heavy atom. The molecule has 0 aliphatic rings. The zero-order valence-corrected chi connectivity index (χ0v) is 14.2. The average Bonchev–Trinajstić information content (AvgIpc) is 2.59. The molecular formula is C19H19N3O3. The number of fused-ring (bicyclic) bond motifs is 1. The molecule has 0 saturated heterocycles. The van der Waals surface area contributed by atoms with Gasteiger partial charge in [0.25, 0.3) is 0 Å². The molecule has 0 unspecified atom stereocenters. The third-order valence-corrected chi connectivity index (χ3v) is 4.11. The maximum absolute atomic E-state index is 12.8. The van der Waals surface area contributed by atoms with Crippen molar-refractivity contribution in [2.24, 2.45) is 0 Å². The first-order valence-corrected chi connectivity index (χ1v) is 8.10. The highest BCUT2D eigenvalue weighted by atomic mass is 16.2. The molecule has 0 spiro atoms. The third kappa shape index (κ3) is 3.24. The number of carbonyl (C=O) groups is 1. The number of rotatable bonds is 4. The largest absolute Gasteiger partial charge is 0.317 e. The van der Waals surface area contributed by atoms with Gasteiger partial charge >= 0.3 is 11.1 Å². The van der Waals surface area contributed by atoms with Crippen LogP contribution in [0.1, 0.15) is 12.5 Å². The fourth-order valence-electron chi connectivity index (χ4n) is 2.90. The molecule has 2 aromatic carbocycles. The number of nitrogens with one attached hydrogen (secondary N) is 1. The first-order chi connectivity index (χ1) is 12.0. The number of aryl methyl sites for hydroxylation is 1. The predicted octanol–water partition coefficient (Wildman–Crippen LogP) is 2.05. The van der Waals surface area contributed by atoms with Gasteiger partial charge in [0.1, 0.15) is 6.54 Å². The first-order valence-electron chi connectivity index (χ1n) is 8.10. The summed E-state index contributed by atoms with van der Waals surface area (Å²) in [6.45, 7) is 4.11. The van der Waals surface area contributed by atoms with Gasteiger partial charge in [-0.1, -0.05) is 24.3 Å². The van der Waals surface area contributed by atoms with Gasteiger partial charge in [-0.3, -0.25) is 19.0 Å². The summed E-state index contributed by atoms with van der Waals surface area (Å²) in [6.07, 6.45) is 0. The minimum absolute atomic E-state index is 0.189. The van der Waals surface area contributed by atoms with E-state index in [2.05, 4.69) is 4.98 Å². The van der Waals surface area contributed by atoms with Crippen molar-refractivity contribution in [1.29, 1.82) is 0 Å². The number of benzene rings is 2. The molecule has 0 aliphatic heterocycles. The summed E-state index contributed by atoms with van der Waals surface area (Å²) < 4.78 is 1.23. The summed E-state index contributed by atoms with van der Waals surface area (Å²) in [6, 6.07) is 14.6. The van der Waals surface area contributed by atoms with Gasteiger partial charge in [0, 0.05) is 12.2 Å². The quantitative estimate of drug-likeness (QED) is 0.741. The summed E-state index contributed by atoms with van der Waals surface area (Å²) in [4.78, 5) is 41.1. The van der Waals surface area contributed by atoms with Crippen molar-refractivity contribution in [2.75, 3.05) is 11.4 Å². The second kappa shape index (κ2) is 6.76. The van der Waals surface area contributed by atoms with Crippen LogP contribution in [0.25, 0.3) is 11.0 Å². The van der Waals surface area contributed by atoms with Crippen LogP contribution < -0.4 is 16.0 Å². The number of para-hydroxylation sites is 2. The molecule has 0 saturated carbocycles. The highest BCUT2D eigenvalue weighted by Gasteiger charge is 2.17. The number of aromatic amines is 1. The Kier molecular flexibility index (Phi) is 4.52. The molecule has 25 heavy (non-hydrogen) atoms. The molecule has 6 nitrogen and oxygen atoms in total. The molecule has 0 bridgehead atoms. The van der Waals surface area contributed by atoms with Crippen molar-refractivity contribution in [3.63, 3.8) is 0 Å². The predicted molar refractivity (Wildman–Crippen MR) is 98.0 cm³/mol. The van der Waals surface area contributed by atoms with E-state index in [4.69, 9.17) is 0 Å². The number of amides is 1. The Morgan fingerprint density at radius 1 is 1.12 bits per heavy atom. The Morgan fingerprint density at radius 3 is 2.60 bits per heavy atom. The van der Waals surface area contributed by atoms with Crippen LogP contribution in [0, 0.1) is 6.92 Å². The van der Waals surface area contributed by atoms with Crippen LogP contribution in [0.2, 0.25) is 0 Å². The summed E-state index contributed by atoms with van der Waals surface area (Å²) in [5, 5.41) is 0. The van der Waals surface area contributed by atoms with Gasteiger partial charge in [-0.05, 0) is 43.7 Å². The maximum Gasteiger partial charge on any atom is 0.317 e. The number of likely N-dealkylation sites (N-methyl/N-ethyl adjacent to an activating group) is 1. The molecule has 1 amide bonds. The molecule has 0 atom stereocenters. The van der Waals surface area contributed by atoms with Crippen molar-refractivity contribution in [1.82, 2.24) is 9.55 Å². The van der Waals surface area contributed by atoms with Gasteiger partial charge in [-0.2, -0.15) is 0 Å². The lowest BCUT2D eigenvalue weighted by Gasteiger charge is -2.22. The molecule has 1 N–H and O–H groups in total. The highest BCUT2D eigenvalue weighted by molar-refractivity contribution is 5.94. The van der Waals surface area contributed by atoms with E-state index in [1.807, 2.05) is 38.1 Å². The van der Waals surface area contributed by atoms with Crippen LogP contribution in [0.4, 0.5) is 5.69 Å².